The van der Waals surface area contributed by atoms with E-state index >= 15 is 0 Å². The highest BCUT2D eigenvalue weighted by Gasteiger charge is 2.05. The number of fused-ring (bicyclic) bond motifs is 1. The maximum Gasteiger partial charge on any atom is 0.0346 e. The molecule has 1 unspecified atom stereocenters. The van der Waals surface area contributed by atoms with E-state index < -0.39 is 0 Å². The Hall–Kier alpha value is -0.890. The predicted molar refractivity (Wildman–Crippen MR) is 77.7 cm³/mol. The summed E-state index contributed by atoms with van der Waals surface area (Å²) in [5.74, 6) is 0. The molecule has 1 nitrogen and oxygen atoms in total. The Morgan fingerprint density at radius 2 is 2.00 bits per heavy atom. The lowest BCUT2D eigenvalue weighted by atomic mass is 10.0. The van der Waals surface area contributed by atoms with Crippen LogP contribution in [0.4, 0.5) is 0 Å². The van der Waals surface area contributed by atoms with Crippen LogP contribution in [0.5, 0.6) is 0 Å². The summed E-state index contributed by atoms with van der Waals surface area (Å²) in [6.07, 6.45) is 8.72. The first-order valence-corrected chi connectivity index (χ1v) is 7.18. The molecule has 0 bridgehead atoms. The van der Waals surface area contributed by atoms with Gasteiger partial charge in [0.05, 0.1) is 0 Å². The largest absolute Gasteiger partial charge is 0.264 e. The van der Waals surface area contributed by atoms with E-state index in [-0.39, 0.29) is 0 Å². The van der Waals surface area contributed by atoms with E-state index in [0.717, 1.165) is 6.42 Å². The Labute approximate surface area is 111 Å². The van der Waals surface area contributed by atoms with Crippen LogP contribution in [-0.2, 0) is 6.42 Å². The van der Waals surface area contributed by atoms with Gasteiger partial charge in [0, 0.05) is 22.6 Å². The summed E-state index contributed by atoms with van der Waals surface area (Å²) >= 11 is 3.74. The van der Waals surface area contributed by atoms with Crippen LogP contribution in [0.1, 0.15) is 31.7 Å². The minimum absolute atomic E-state index is 0.631. The van der Waals surface area contributed by atoms with Crippen molar-refractivity contribution in [2.75, 3.05) is 0 Å². The maximum absolute atomic E-state index is 4.32. The molecule has 0 aliphatic rings. The molecule has 0 aliphatic carbocycles. The maximum atomic E-state index is 4.32. The predicted octanol–water partition coefficient (Wildman–Crippen LogP) is 4.73. The van der Waals surface area contributed by atoms with Crippen molar-refractivity contribution in [3.05, 3.63) is 42.2 Å². The fourth-order valence-electron chi connectivity index (χ4n) is 2.15. The molecule has 2 aromatic rings. The van der Waals surface area contributed by atoms with Crippen molar-refractivity contribution in [3.63, 3.8) is 0 Å². The highest BCUT2D eigenvalue weighted by Crippen LogP contribution is 2.21. The first kappa shape index (κ1) is 12.6. The van der Waals surface area contributed by atoms with E-state index in [1.165, 1.54) is 35.6 Å². The monoisotopic (exact) mass is 291 g/mol. The Bertz CT molecular complexity index is 476. The molecule has 0 fully saturated rings. The number of aryl methyl sites for hydroxylation is 1. The lowest BCUT2D eigenvalue weighted by Crippen LogP contribution is -2.00. The van der Waals surface area contributed by atoms with Gasteiger partial charge in [0.2, 0.25) is 0 Å². The quantitative estimate of drug-likeness (QED) is 0.726. The number of alkyl halides is 1. The lowest BCUT2D eigenvalue weighted by molar-refractivity contribution is 0.694. The molecule has 0 N–H and O–H groups in total. The molecule has 1 heterocycles. The molecular weight excluding hydrogens is 274 g/mol. The van der Waals surface area contributed by atoms with Gasteiger partial charge in [0.25, 0.3) is 0 Å². The van der Waals surface area contributed by atoms with Crippen LogP contribution in [0.15, 0.2) is 36.7 Å². The standard InChI is InChI=1S/C15H18BrN/c1-2-5-14(16)9-8-13-11-17-10-12-6-3-4-7-15(12)13/h3-4,6-7,10-11,14H,2,5,8-9H2,1H3. The third-order valence-electron chi connectivity index (χ3n) is 3.08. The van der Waals surface area contributed by atoms with Gasteiger partial charge in [-0.2, -0.15) is 0 Å². The van der Waals surface area contributed by atoms with Crippen molar-refractivity contribution >= 4 is 26.7 Å². The number of aromatic nitrogens is 1. The van der Waals surface area contributed by atoms with E-state index in [0.29, 0.717) is 4.83 Å². The molecule has 17 heavy (non-hydrogen) atoms. The van der Waals surface area contributed by atoms with Crippen LogP contribution in [0.2, 0.25) is 0 Å². The molecule has 2 rings (SSSR count). The number of rotatable bonds is 5. The van der Waals surface area contributed by atoms with Crippen LogP contribution >= 0.6 is 15.9 Å². The van der Waals surface area contributed by atoms with Gasteiger partial charge < -0.3 is 0 Å². The molecule has 1 aromatic carbocycles. The van der Waals surface area contributed by atoms with Crippen molar-refractivity contribution in [3.8, 4) is 0 Å². The topological polar surface area (TPSA) is 12.9 Å². The summed E-state index contributed by atoms with van der Waals surface area (Å²) in [7, 11) is 0. The first-order chi connectivity index (χ1) is 8.31. The summed E-state index contributed by atoms with van der Waals surface area (Å²) in [5, 5.41) is 2.59. The molecule has 2 heteroatoms. The summed E-state index contributed by atoms with van der Waals surface area (Å²) < 4.78 is 0. The molecule has 1 aromatic heterocycles. The fourth-order valence-corrected chi connectivity index (χ4v) is 2.83. The van der Waals surface area contributed by atoms with Crippen molar-refractivity contribution in [2.45, 2.75) is 37.4 Å². The minimum Gasteiger partial charge on any atom is -0.264 e. The van der Waals surface area contributed by atoms with Crippen LogP contribution in [0.3, 0.4) is 0 Å². The number of halogens is 1. The molecule has 0 amide bonds. The average Bonchev–Trinajstić information content (AvgIpc) is 2.36. The number of hydrogen-bond acceptors (Lipinski definition) is 1. The summed E-state index contributed by atoms with van der Waals surface area (Å²) in [6, 6.07) is 8.49. The normalized spacial score (nSPS) is 12.8. The Kier molecular flexibility index (Phi) is 4.55. The first-order valence-electron chi connectivity index (χ1n) is 6.27. The van der Waals surface area contributed by atoms with Gasteiger partial charge in [0.15, 0.2) is 0 Å². The van der Waals surface area contributed by atoms with E-state index in [4.69, 9.17) is 0 Å². The zero-order valence-electron chi connectivity index (χ0n) is 10.2. The smallest absolute Gasteiger partial charge is 0.0346 e. The number of pyridine rings is 1. The second-order valence-corrected chi connectivity index (χ2v) is 5.74. The van der Waals surface area contributed by atoms with E-state index in [9.17, 15) is 0 Å². The molecule has 90 valence electrons. The van der Waals surface area contributed by atoms with Crippen LogP contribution in [0, 0.1) is 0 Å². The van der Waals surface area contributed by atoms with Gasteiger partial charge in [-0.25, -0.2) is 0 Å². The van der Waals surface area contributed by atoms with Crippen molar-refractivity contribution in [2.24, 2.45) is 0 Å². The zero-order valence-corrected chi connectivity index (χ0v) is 11.8. The highest BCUT2D eigenvalue weighted by atomic mass is 79.9. The van der Waals surface area contributed by atoms with Gasteiger partial charge >= 0.3 is 0 Å². The van der Waals surface area contributed by atoms with E-state index in [1.54, 1.807) is 0 Å². The number of nitrogens with zero attached hydrogens (tertiary/aromatic N) is 1. The Morgan fingerprint density at radius 1 is 1.18 bits per heavy atom. The van der Waals surface area contributed by atoms with Gasteiger partial charge in [-0.1, -0.05) is 53.5 Å². The molecule has 0 aliphatic heterocycles. The van der Waals surface area contributed by atoms with Crippen LogP contribution < -0.4 is 0 Å². The summed E-state index contributed by atoms with van der Waals surface area (Å²) in [4.78, 5) is 4.95. The highest BCUT2D eigenvalue weighted by molar-refractivity contribution is 9.09. The average molecular weight is 292 g/mol. The van der Waals surface area contributed by atoms with E-state index in [1.807, 2.05) is 12.4 Å². The Balaban J connectivity index is 2.13. The van der Waals surface area contributed by atoms with Crippen LogP contribution in [-0.4, -0.2) is 9.81 Å². The second kappa shape index (κ2) is 6.15. The molecule has 1 atom stereocenters. The van der Waals surface area contributed by atoms with Gasteiger partial charge in [0.1, 0.15) is 0 Å². The zero-order chi connectivity index (χ0) is 12.1. The van der Waals surface area contributed by atoms with Crippen LogP contribution in [0.25, 0.3) is 10.8 Å². The third kappa shape index (κ3) is 3.29. The summed E-state index contributed by atoms with van der Waals surface area (Å²) in [5.41, 5.74) is 1.36. The minimum atomic E-state index is 0.631. The van der Waals surface area contributed by atoms with Gasteiger partial charge in [-0.15, -0.1) is 0 Å². The Morgan fingerprint density at radius 3 is 2.82 bits per heavy atom. The van der Waals surface area contributed by atoms with Gasteiger partial charge in [-0.05, 0) is 30.2 Å². The SMILES string of the molecule is CCCC(Br)CCc1cncc2ccccc12. The van der Waals surface area contributed by atoms with Crippen molar-refractivity contribution in [1.82, 2.24) is 4.98 Å². The molecule has 0 saturated heterocycles. The lowest BCUT2D eigenvalue weighted by Gasteiger charge is -2.09. The van der Waals surface area contributed by atoms with Gasteiger partial charge in [-0.3, -0.25) is 4.98 Å². The number of benzene rings is 1. The molecular formula is C15H18BrN. The van der Waals surface area contributed by atoms with Crippen molar-refractivity contribution < 1.29 is 0 Å². The summed E-state index contributed by atoms with van der Waals surface area (Å²) in [6.45, 7) is 2.23. The number of hydrogen-bond donors (Lipinski definition) is 0. The third-order valence-corrected chi connectivity index (χ3v) is 4.00. The molecule has 0 saturated carbocycles. The molecule has 0 spiro atoms. The second-order valence-electron chi connectivity index (χ2n) is 4.44. The van der Waals surface area contributed by atoms with E-state index in [2.05, 4.69) is 52.1 Å². The molecule has 0 radical (unpaired) electrons. The fraction of sp³-hybridized carbons (Fsp3) is 0.400. The van der Waals surface area contributed by atoms with Crippen molar-refractivity contribution in [1.29, 1.82) is 0 Å².